The third-order valence-corrected chi connectivity index (χ3v) is 3.81. The number of ether oxygens (including phenoxy) is 1. The lowest BCUT2D eigenvalue weighted by Crippen LogP contribution is -2.48. The van der Waals surface area contributed by atoms with Crippen LogP contribution in [0.2, 0.25) is 0 Å². The van der Waals surface area contributed by atoms with Gasteiger partial charge in [0.05, 0.1) is 6.07 Å². The fourth-order valence-electron chi connectivity index (χ4n) is 3.20. The van der Waals surface area contributed by atoms with Crippen LogP contribution in [-0.2, 0) is 4.74 Å². The summed E-state index contributed by atoms with van der Waals surface area (Å²) in [7, 11) is 0. The SMILES string of the molecule is CC(C)(C)OC(=O)N1[C@@H]2CC[C@H]1CC(CC#N)C2. The summed E-state index contributed by atoms with van der Waals surface area (Å²) in [6.45, 7) is 5.69. The van der Waals surface area contributed by atoms with Gasteiger partial charge in [-0.15, -0.1) is 0 Å². The summed E-state index contributed by atoms with van der Waals surface area (Å²) in [6.07, 6.45) is 4.49. The van der Waals surface area contributed by atoms with Crippen LogP contribution in [0.15, 0.2) is 0 Å². The number of rotatable bonds is 1. The fraction of sp³-hybridized carbons (Fsp3) is 0.857. The summed E-state index contributed by atoms with van der Waals surface area (Å²) in [5, 5.41) is 8.78. The first kappa shape index (κ1) is 13.2. The van der Waals surface area contributed by atoms with Gasteiger partial charge in [-0.1, -0.05) is 0 Å². The summed E-state index contributed by atoms with van der Waals surface area (Å²) >= 11 is 0. The second-order valence-corrected chi connectivity index (χ2v) is 6.47. The van der Waals surface area contributed by atoms with Crippen molar-refractivity contribution in [3.8, 4) is 6.07 Å². The smallest absolute Gasteiger partial charge is 0.410 e. The van der Waals surface area contributed by atoms with Crippen molar-refractivity contribution in [2.75, 3.05) is 0 Å². The molecular formula is C14H22N2O2. The van der Waals surface area contributed by atoms with Gasteiger partial charge in [0, 0.05) is 18.5 Å². The van der Waals surface area contributed by atoms with Crippen LogP contribution in [0.3, 0.4) is 0 Å². The van der Waals surface area contributed by atoms with Crippen LogP contribution < -0.4 is 0 Å². The van der Waals surface area contributed by atoms with Gasteiger partial charge in [0.15, 0.2) is 0 Å². The Hall–Kier alpha value is -1.24. The lowest BCUT2D eigenvalue weighted by Gasteiger charge is -2.38. The Balaban J connectivity index is 2.01. The first-order valence-corrected chi connectivity index (χ1v) is 6.79. The molecule has 0 aromatic carbocycles. The second-order valence-electron chi connectivity index (χ2n) is 6.47. The number of hydrogen-bond acceptors (Lipinski definition) is 3. The van der Waals surface area contributed by atoms with Gasteiger partial charge in [0.25, 0.3) is 0 Å². The first-order valence-electron chi connectivity index (χ1n) is 6.79. The van der Waals surface area contributed by atoms with Crippen molar-refractivity contribution < 1.29 is 9.53 Å². The van der Waals surface area contributed by atoms with Crippen molar-refractivity contribution in [2.45, 2.75) is 70.6 Å². The standard InChI is InChI=1S/C14H22N2O2/c1-14(2,3)18-13(17)16-11-4-5-12(16)9-10(8-11)6-7-15/h10-12H,4-6,8-9H2,1-3H3/t10?,11-,12+. The average Bonchev–Trinajstić information content (AvgIpc) is 2.49. The van der Waals surface area contributed by atoms with Crippen molar-refractivity contribution in [3.05, 3.63) is 0 Å². The lowest BCUT2D eigenvalue weighted by molar-refractivity contribution is 0.00240. The molecule has 1 amide bonds. The van der Waals surface area contributed by atoms with E-state index in [1.165, 1.54) is 0 Å². The van der Waals surface area contributed by atoms with E-state index in [-0.39, 0.29) is 18.2 Å². The molecule has 100 valence electrons. The van der Waals surface area contributed by atoms with Gasteiger partial charge in [-0.3, -0.25) is 0 Å². The normalized spacial score (nSPS) is 31.0. The van der Waals surface area contributed by atoms with Crippen LogP contribution in [0, 0.1) is 17.2 Å². The molecule has 2 fully saturated rings. The molecule has 2 bridgehead atoms. The van der Waals surface area contributed by atoms with Crippen LogP contribution in [0.4, 0.5) is 4.79 Å². The number of fused-ring (bicyclic) bond motifs is 2. The monoisotopic (exact) mass is 250 g/mol. The Bertz CT molecular complexity index is 353. The van der Waals surface area contributed by atoms with Crippen molar-refractivity contribution in [1.82, 2.24) is 4.90 Å². The number of carbonyl (C=O) groups excluding carboxylic acids is 1. The van der Waals surface area contributed by atoms with Crippen LogP contribution >= 0.6 is 0 Å². The lowest BCUT2D eigenvalue weighted by atomic mass is 9.89. The van der Waals surface area contributed by atoms with Crippen molar-refractivity contribution in [3.63, 3.8) is 0 Å². The van der Waals surface area contributed by atoms with Crippen LogP contribution in [0.1, 0.15) is 52.9 Å². The van der Waals surface area contributed by atoms with E-state index >= 15 is 0 Å². The average molecular weight is 250 g/mol. The maximum atomic E-state index is 12.2. The zero-order valence-electron chi connectivity index (χ0n) is 11.5. The molecular weight excluding hydrogens is 228 g/mol. The van der Waals surface area contributed by atoms with Gasteiger partial charge in [0.2, 0.25) is 0 Å². The van der Waals surface area contributed by atoms with E-state index in [4.69, 9.17) is 10.00 Å². The highest BCUT2D eigenvalue weighted by molar-refractivity contribution is 5.69. The molecule has 2 aliphatic rings. The van der Waals surface area contributed by atoms with Crippen molar-refractivity contribution >= 4 is 6.09 Å². The number of nitriles is 1. The Kier molecular flexibility index (Phi) is 3.52. The zero-order valence-corrected chi connectivity index (χ0v) is 11.5. The van der Waals surface area contributed by atoms with E-state index in [9.17, 15) is 4.79 Å². The Morgan fingerprint density at radius 3 is 2.33 bits per heavy atom. The molecule has 2 heterocycles. The van der Waals surface area contributed by atoms with E-state index < -0.39 is 5.60 Å². The number of carbonyl (C=O) groups is 1. The third-order valence-electron chi connectivity index (χ3n) is 3.81. The van der Waals surface area contributed by atoms with Gasteiger partial charge in [-0.25, -0.2) is 4.79 Å². The molecule has 0 spiro atoms. The highest BCUT2D eigenvalue weighted by atomic mass is 16.6. The summed E-state index contributed by atoms with van der Waals surface area (Å²) in [5.41, 5.74) is -0.431. The van der Waals surface area contributed by atoms with E-state index in [0.717, 1.165) is 25.7 Å². The van der Waals surface area contributed by atoms with E-state index in [2.05, 4.69) is 6.07 Å². The molecule has 0 aliphatic carbocycles. The maximum absolute atomic E-state index is 12.2. The molecule has 2 aliphatic heterocycles. The Labute approximate surface area is 109 Å². The highest BCUT2D eigenvalue weighted by Gasteiger charge is 2.44. The van der Waals surface area contributed by atoms with Gasteiger partial charge < -0.3 is 9.64 Å². The molecule has 18 heavy (non-hydrogen) atoms. The predicted molar refractivity (Wildman–Crippen MR) is 67.8 cm³/mol. The van der Waals surface area contributed by atoms with E-state index in [1.807, 2.05) is 25.7 Å². The van der Waals surface area contributed by atoms with E-state index in [1.54, 1.807) is 0 Å². The topological polar surface area (TPSA) is 53.3 Å². The largest absolute Gasteiger partial charge is 0.444 e. The van der Waals surface area contributed by atoms with Crippen molar-refractivity contribution in [1.29, 1.82) is 5.26 Å². The minimum Gasteiger partial charge on any atom is -0.444 e. The molecule has 0 N–H and O–H groups in total. The number of hydrogen-bond donors (Lipinski definition) is 0. The number of amides is 1. The van der Waals surface area contributed by atoms with Crippen molar-refractivity contribution in [2.24, 2.45) is 5.92 Å². The fourth-order valence-corrected chi connectivity index (χ4v) is 3.20. The first-order chi connectivity index (χ1) is 8.40. The van der Waals surface area contributed by atoms with Gasteiger partial charge in [-0.2, -0.15) is 5.26 Å². The predicted octanol–water partition coefficient (Wildman–Crippen LogP) is 3.08. The van der Waals surface area contributed by atoms with Gasteiger partial charge in [0.1, 0.15) is 5.60 Å². The molecule has 1 unspecified atom stereocenters. The van der Waals surface area contributed by atoms with Gasteiger partial charge >= 0.3 is 6.09 Å². The molecule has 4 heteroatoms. The maximum Gasteiger partial charge on any atom is 0.410 e. The zero-order chi connectivity index (χ0) is 13.3. The molecule has 2 rings (SSSR count). The summed E-state index contributed by atoms with van der Waals surface area (Å²) in [4.78, 5) is 14.1. The Morgan fingerprint density at radius 1 is 1.33 bits per heavy atom. The minimum atomic E-state index is -0.431. The second kappa shape index (κ2) is 4.79. The van der Waals surface area contributed by atoms with Crippen LogP contribution in [-0.4, -0.2) is 28.7 Å². The van der Waals surface area contributed by atoms with E-state index in [0.29, 0.717) is 12.3 Å². The molecule has 2 saturated heterocycles. The molecule has 4 nitrogen and oxygen atoms in total. The third kappa shape index (κ3) is 2.77. The summed E-state index contributed by atoms with van der Waals surface area (Å²) < 4.78 is 5.48. The number of piperidine rings is 1. The Morgan fingerprint density at radius 2 is 1.89 bits per heavy atom. The molecule has 0 aromatic heterocycles. The highest BCUT2D eigenvalue weighted by Crippen LogP contribution is 2.40. The summed E-state index contributed by atoms with van der Waals surface area (Å²) in [5.74, 6) is 0.464. The molecule has 0 saturated carbocycles. The molecule has 3 atom stereocenters. The quantitative estimate of drug-likeness (QED) is 0.718. The molecule has 0 aromatic rings. The summed E-state index contributed by atoms with van der Waals surface area (Å²) in [6, 6.07) is 2.83. The van der Waals surface area contributed by atoms with Crippen LogP contribution in [0.25, 0.3) is 0 Å². The van der Waals surface area contributed by atoms with Crippen LogP contribution in [0.5, 0.6) is 0 Å². The molecule has 0 radical (unpaired) electrons. The minimum absolute atomic E-state index is 0.176. The van der Waals surface area contributed by atoms with Gasteiger partial charge in [-0.05, 0) is 52.4 Å². The number of nitrogens with zero attached hydrogens (tertiary/aromatic N) is 2.